The first-order valence-electron chi connectivity index (χ1n) is 10.4. The number of aromatic nitrogens is 1. The number of nitrogens with one attached hydrogen (secondary N) is 1. The van der Waals surface area contributed by atoms with Crippen LogP contribution in [0.1, 0.15) is 39.2 Å². The molecule has 5 nitrogen and oxygen atoms in total. The van der Waals surface area contributed by atoms with Crippen LogP contribution < -0.4 is 15.0 Å². The number of hydrogen-bond donors (Lipinski definition) is 2. The molecule has 1 aromatic heterocycles. The predicted molar refractivity (Wildman–Crippen MR) is 125 cm³/mol. The van der Waals surface area contributed by atoms with Crippen molar-refractivity contribution >= 4 is 10.9 Å². The zero-order valence-corrected chi connectivity index (χ0v) is 18.3. The number of aromatic amines is 1. The molecule has 0 aliphatic carbocycles. The molecule has 162 valence electrons. The number of phenolic OH excluding ortho intramolecular Hbond substituents is 1. The van der Waals surface area contributed by atoms with Gasteiger partial charge in [0.05, 0.1) is 5.52 Å². The van der Waals surface area contributed by atoms with Crippen molar-refractivity contribution in [2.45, 2.75) is 40.2 Å². The summed E-state index contributed by atoms with van der Waals surface area (Å²) in [6.45, 7) is 6.83. The molecule has 2 N–H and O–H groups in total. The molecule has 0 aliphatic rings. The molecular formula is C26H29NO4. The Bertz CT molecular complexity index is 1140. The van der Waals surface area contributed by atoms with E-state index in [1.807, 2.05) is 36.4 Å². The average Bonchev–Trinajstić information content (AvgIpc) is 2.73. The van der Waals surface area contributed by atoms with Crippen molar-refractivity contribution < 1.29 is 14.6 Å². The Morgan fingerprint density at radius 3 is 2.52 bits per heavy atom. The third-order valence-electron chi connectivity index (χ3n) is 4.89. The van der Waals surface area contributed by atoms with Crippen molar-refractivity contribution in [3.05, 3.63) is 87.7 Å². The fourth-order valence-corrected chi connectivity index (χ4v) is 3.20. The maximum absolute atomic E-state index is 12.7. The monoisotopic (exact) mass is 419 g/mol. The standard InChI is InChI=1S/C26H29NO4/c1-18(2)8-7-9-19(3)14-15-30-24-22-13-12-21(28)16-23(22)27-26(29)25(24)31-17-20-10-5-4-6-11-20/h4-6,8,10-14,16,28H,7,9,15,17H2,1-3H3,(H,27,29)/b19-14+. The molecule has 5 heteroatoms. The smallest absolute Gasteiger partial charge is 0.294 e. The number of pyridine rings is 1. The molecular weight excluding hydrogens is 390 g/mol. The van der Waals surface area contributed by atoms with E-state index in [2.05, 4.69) is 31.8 Å². The van der Waals surface area contributed by atoms with E-state index in [9.17, 15) is 9.90 Å². The summed E-state index contributed by atoms with van der Waals surface area (Å²) in [6, 6.07) is 14.4. The van der Waals surface area contributed by atoms with Crippen LogP contribution in [-0.4, -0.2) is 16.7 Å². The Morgan fingerprint density at radius 1 is 1.00 bits per heavy atom. The number of allylic oxidation sites excluding steroid dienone is 3. The fraction of sp³-hybridized carbons (Fsp3) is 0.269. The molecule has 1 heterocycles. The predicted octanol–water partition coefficient (Wildman–Crippen LogP) is 5.88. The van der Waals surface area contributed by atoms with Gasteiger partial charge < -0.3 is 19.6 Å². The van der Waals surface area contributed by atoms with Gasteiger partial charge in [0.25, 0.3) is 5.56 Å². The number of ether oxygens (including phenoxy) is 2. The molecule has 2 aromatic carbocycles. The third-order valence-corrected chi connectivity index (χ3v) is 4.89. The highest BCUT2D eigenvalue weighted by atomic mass is 16.5. The lowest BCUT2D eigenvalue weighted by atomic mass is 10.1. The van der Waals surface area contributed by atoms with Gasteiger partial charge in [-0.2, -0.15) is 0 Å². The minimum atomic E-state index is -0.395. The number of hydrogen-bond acceptors (Lipinski definition) is 4. The van der Waals surface area contributed by atoms with Gasteiger partial charge in [-0.25, -0.2) is 0 Å². The van der Waals surface area contributed by atoms with Crippen LogP contribution >= 0.6 is 0 Å². The summed E-state index contributed by atoms with van der Waals surface area (Å²) in [7, 11) is 0. The van der Waals surface area contributed by atoms with Gasteiger partial charge in [-0.05, 0) is 57.4 Å². The Hall–Kier alpha value is -3.47. The summed E-state index contributed by atoms with van der Waals surface area (Å²) in [5.74, 6) is 0.586. The number of rotatable bonds is 9. The molecule has 3 rings (SSSR count). The van der Waals surface area contributed by atoms with E-state index < -0.39 is 5.56 Å². The van der Waals surface area contributed by atoms with E-state index in [0.717, 1.165) is 18.4 Å². The van der Waals surface area contributed by atoms with E-state index in [4.69, 9.17) is 9.47 Å². The number of fused-ring (bicyclic) bond motifs is 1. The second kappa shape index (κ2) is 10.5. The maximum atomic E-state index is 12.7. The molecule has 31 heavy (non-hydrogen) atoms. The summed E-state index contributed by atoms with van der Waals surface area (Å²) in [4.78, 5) is 15.5. The number of benzene rings is 2. The molecule has 0 radical (unpaired) electrons. The van der Waals surface area contributed by atoms with E-state index in [1.54, 1.807) is 12.1 Å². The molecule has 0 amide bonds. The van der Waals surface area contributed by atoms with Gasteiger partial charge in [0.1, 0.15) is 19.0 Å². The Morgan fingerprint density at radius 2 is 1.77 bits per heavy atom. The minimum absolute atomic E-state index is 0.0714. The van der Waals surface area contributed by atoms with Crippen molar-refractivity contribution in [1.82, 2.24) is 4.98 Å². The molecule has 0 saturated heterocycles. The molecule has 3 aromatic rings. The van der Waals surface area contributed by atoms with Gasteiger partial charge >= 0.3 is 0 Å². The second-order valence-corrected chi connectivity index (χ2v) is 7.80. The van der Waals surface area contributed by atoms with Crippen molar-refractivity contribution in [2.75, 3.05) is 6.61 Å². The summed E-state index contributed by atoms with van der Waals surface area (Å²) in [5.41, 5.74) is 3.58. The van der Waals surface area contributed by atoms with Crippen LogP contribution in [0.3, 0.4) is 0 Å². The zero-order valence-electron chi connectivity index (χ0n) is 18.3. The topological polar surface area (TPSA) is 71.5 Å². The first kappa shape index (κ1) is 22.2. The Kier molecular flexibility index (Phi) is 7.55. The van der Waals surface area contributed by atoms with Crippen LogP contribution in [0.2, 0.25) is 0 Å². The van der Waals surface area contributed by atoms with E-state index in [-0.39, 0.29) is 18.1 Å². The number of H-pyrrole nitrogens is 1. The highest BCUT2D eigenvalue weighted by molar-refractivity contribution is 5.88. The van der Waals surface area contributed by atoms with Crippen molar-refractivity contribution in [1.29, 1.82) is 0 Å². The van der Waals surface area contributed by atoms with Gasteiger partial charge in [-0.15, -0.1) is 0 Å². The number of aromatic hydroxyl groups is 1. The van der Waals surface area contributed by atoms with Gasteiger partial charge in [0.2, 0.25) is 5.75 Å². The van der Waals surface area contributed by atoms with Gasteiger partial charge in [-0.1, -0.05) is 47.6 Å². The first-order valence-corrected chi connectivity index (χ1v) is 10.4. The largest absolute Gasteiger partial charge is 0.508 e. The van der Waals surface area contributed by atoms with E-state index in [1.165, 1.54) is 17.2 Å². The van der Waals surface area contributed by atoms with Crippen LogP contribution in [0, 0.1) is 0 Å². The summed E-state index contributed by atoms with van der Waals surface area (Å²) in [5, 5.41) is 10.5. The Balaban J connectivity index is 1.85. The van der Waals surface area contributed by atoms with E-state index >= 15 is 0 Å². The lowest BCUT2D eigenvalue weighted by Crippen LogP contribution is -2.14. The third kappa shape index (κ3) is 6.25. The molecule has 0 fully saturated rings. The van der Waals surface area contributed by atoms with Crippen LogP contribution in [0.15, 0.2) is 76.6 Å². The van der Waals surface area contributed by atoms with Crippen molar-refractivity contribution in [2.24, 2.45) is 0 Å². The maximum Gasteiger partial charge on any atom is 0.294 e. The summed E-state index contributed by atoms with van der Waals surface area (Å²) < 4.78 is 11.9. The minimum Gasteiger partial charge on any atom is -0.508 e. The average molecular weight is 420 g/mol. The van der Waals surface area contributed by atoms with Crippen molar-refractivity contribution in [3.63, 3.8) is 0 Å². The molecule has 0 bridgehead atoms. The quantitative estimate of drug-likeness (QED) is 0.425. The zero-order chi connectivity index (χ0) is 22.2. The van der Waals surface area contributed by atoms with E-state index in [0.29, 0.717) is 23.3 Å². The van der Waals surface area contributed by atoms with Crippen LogP contribution in [0.4, 0.5) is 0 Å². The second-order valence-electron chi connectivity index (χ2n) is 7.80. The van der Waals surface area contributed by atoms with Crippen LogP contribution in [0.25, 0.3) is 10.9 Å². The summed E-state index contributed by atoms with van der Waals surface area (Å²) in [6.07, 6.45) is 6.18. The molecule has 0 aliphatic heterocycles. The van der Waals surface area contributed by atoms with Gasteiger partial charge in [0.15, 0.2) is 5.75 Å². The number of phenols is 1. The Labute approximate surface area is 182 Å². The summed E-state index contributed by atoms with van der Waals surface area (Å²) >= 11 is 0. The lowest BCUT2D eigenvalue weighted by Gasteiger charge is -2.14. The molecule has 0 atom stereocenters. The molecule has 0 spiro atoms. The van der Waals surface area contributed by atoms with Gasteiger partial charge in [-0.3, -0.25) is 4.79 Å². The SMILES string of the molecule is CC(C)=CCC/C(C)=C/COc1c(OCc2ccccc2)c(=O)[nH]c2cc(O)ccc12. The normalized spacial score (nSPS) is 11.4. The first-order chi connectivity index (χ1) is 14.9. The van der Waals surface area contributed by atoms with Crippen molar-refractivity contribution in [3.8, 4) is 17.2 Å². The molecule has 0 saturated carbocycles. The highest BCUT2D eigenvalue weighted by Gasteiger charge is 2.16. The van der Waals surface area contributed by atoms with Crippen LogP contribution in [-0.2, 0) is 6.61 Å². The van der Waals surface area contributed by atoms with Gasteiger partial charge in [0, 0.05) is 11.5 Å². The highest BCUT2D eigenvalue weighted by Crippen LogP contribution is 2.33. The lowest BCUT2D eigenvalue weighted by molar-refractivity contribution is 0.273. The molecule has 0 unspecified atom stereocenters. The van der Waals surface area contributed by atoms with Crippen LogP contribution in [0.5, 0.6) is 17.2 Å². The fourth-order valence-electron chi connectivity index (χ4n) is 3.20.